The van der Waals surface area contributed by atoms with E-state index in [1.54, 1.807) is 6.20 Å². The highest BCUT2D eigenvalue weighted by Crippen LogP contribution is 2.36. The number of aromatic amines is 1. The molecule has 1 fully saturated rings. The number of nitrogens with zero attached hydrogens (tertiary/aromatic N) is 5. The van der Waals surface area contributed by atoms with Crippen molar-refractivity contribution >= 4 is 11.0 Å². The molecule has 4 rings (SSSR count). The molecular weight excluding hydrogens is 264 g/mol. The molecule has 6 nitrogen and oxygen atoms in total. The minimum absolute atomic E-state index is 0.0700. The SMILES string of the molecule is N#C[C@H]1CCC[C@H]1n1cc(-c2cnnc3[nH]ccc23)cn1. The zero-order valence-corrected chi connectivity index (χ0v) is 11.4. The van der Waals surface area contributed by atoms with Crippen LogP contribution in [0.2, 0.25) is 0 Å². The number of fused-ring (bicyclic) bond motifs is 1. The van der Waals surface area contributed by atoms with Crippen LogP contribution >= 0.6 is 0 Å². The van der Waals surface area contributed by atoms with Gasteiger partial charge < -0.3 is 4.98 Å². The number of rotatable bonds is 2. The van der Waals surface area contributed by atoms with Gasteiger partial charge in [0.2, 0.25) is 0 Å². The Hall–Kier alpha value is -2.68. The molecular formula is C15H14N6. The Labute approximate surface area is 121 Å². The maximum atomic E-state index is 9.22. The lowest BCUT2D eigenvalue weighted by molar-refractivity contribution is 0.409. The zero-order valence-electron chi connectivity index (χ0n) is 11.4. The minimum atomic E-state index is 0.0700. The van der Waals surface area contributed by atoms with Crippen LogP contribution in [0.5, 0.6) is 0 Å². The third-order valence-corrected chi connectivity index (χ3v) is 4.26. The lowest BCUT2D eigenvalue weighted by Gasteiger charge is -2.13. The molecule has 2 atom stereocenters. The van der Waals surface area contributed by atoms with Crippen LogP contribution in [0.3, 0.4) is 0 Å². The van der Waals surface area contributed by atoms with Gasteiger partial charge in [-0.2, -0.15) is 15.5 Å². The van der Waals surface area contributed by atoms with Crippen molar-refractivity contribution in [2.45, 2.75) is 25.3 Å². The summed E-state index contributed by atoms with van der Waals surface area (Å²) in [5.74, 6) is 0.0700. The summed E-state index contributed by atoms with van der Waals surface area (Å²) in [6.45, 7) is 0. The van der Waals surface area contributed by atoms with Crippen LogP contribution in [0.25, 0.3) is 22.2 Å². The molecule has 1 aliphatic carbocycles. The highest BCUT2D eigenvalue weighted by Gasteiger charge is 2.29. The van der Waals surface area contributed by atoms with Crippen LogP contribution in [-0.4, -0.2) is 25.0 Å². The first kappa shape index (κ1) is 12.1. The Morgan fingerprint density at radius 1 is 1.33 bits per heavy atom. The van der Waals surface area contributed by atoms with E-state index in [4.69, 9.17) is 0 Å². The van der Waals surface area contributed by atoms with Gasteiger partial charge in [-0.3, -0.25) is 4.68 Å². The van der Waals surface area contributed by atoms with Gasteiger partial charge in [-0.1, -0.05) is 0 Å². The first-order valence-corrected chi connectivity index (χ1v) is 7.10. The number of hydrogen-bond donors (Lipinski definition) is 1. The van der Waals surface area contributed by atoms with Crippen LogP contribution < -0.4 is 0 Å². The van der Waals surface area contributed by atoms with Crippen LogP contribution in [0.1, 0.15) is 25.3 Å². The molecule has 0 aromatic carbocycles. The van der Waals surface area contributed by atoms with E-state index in [0.717, 1.165) is 41.4 Å². The van der Waals surface area contributed by atoms with Gasteiger partial charge in [-0.25, -0.2) is 0 Å². The van der Waals surface area contributed by atoms with E-state index in [9.17, 15) is 5.26 Å². The molecule has 3 aromatic rings. The fourth-order valence-corrected chi connectivity index (χ4v) is 3.17. The van der Waals surface area contributed by atoms with Crippen molar-refractivity contribution in [3.05, 3.63) is 30.9 Å². The van der Waals surface area contributed by atoms with Crippen molar-refractivity contribution in [2.75, 3.05) is 0 Å². The third kappa shape index (κ3) is 1.89. The van der Waals surface area contributed by atoms with Gasteiger partial charge >= 0.3 is 0 Å². The molecule has 1 aliphatic rings. The van der Waals surface area contributed by atoms with Crippen LogP contribution in [0, 0.1) is 17.2 Å². The van der Waals surface area contributed by atoms with Crippen molar-refractivity contribution in [3.8, 4) is 17.2 Å². The van der Waals surface area contributed by atoms with Gasteiger partial charge in [0.1, 0.15) is 0 Å². The van der Waals surface area contributed by atoms with E-state index in [1.165, 1.54) is 0 Å². The largest absolute Gasteiger partial charge is 0.345 e. The molecule has 0 unspecified atom stereocenters. The number of aromatic nitrogens is 5. The topological polar surface area (TPSA) is 83.2 Å². The van der Waals surface area contributed by atoms with E-state index in [2.05, 4.69) is 26.3 Å². The second-order valence-corrected chi connectivity index (χ2v) is 5.44. The van der Waals surface area contributed by atoms with Gasteiger partial charge in [-0.15, -0.1) is 5.10 Å². The first-order chi connectivity index (χ1) is 10.4. The van der Waals surface area contributed by atoms with Gasteiger partial charge in [-0.05, 0) is 25.3 Å². The maximum Gasteiger partial charge on any atom is 0.160 e. The molecule has 0 spiro atoms. The van der Waals surface area contributed by atoms with Crippen LogP contribution in [-0.2, 0) is 0 Å². The number of H-pyrrole nitrogens is 1. The standard InChI is InChI=1S/C15H14N6/c16-6-10-2-1-3-14(10)21-9-11(7-19-21)13-8-18-20-15-12(13)4-5-17-15/h4-5,7-10,14H,1-3H2,(H,17,20)/t10-,14-/m1/s1. The monoisotopic (exact) mass is 278 g/mol. The Morgan fingerprint density at radius 3 is 3.19 bits per heavy atom. The van der Waals surface area contributed by atoms with Crippen molar-refractivity contribution in [2.24, 2.45) is 5.92 Å². The van der Waals surface area contributed by atoms with Gasteiger partial charge in [0.25, 0.3) is 0 Å². The van der Waals surface area contributed by atoms with E-state index in [-0.39, 0.29) is 12.0 Å². The Bertz CT molecular complexity index is 824. The number of nitrogens with one attached hydrogen (secondary N) is 1. The maximum absolute atomic E-state index is 9.22. The van der Waals surface area contributed by atoms with Gasteiger partial charge in [0.05, 0.1) is 30.4 Å². The fourth-order valence-electron chi connectivity index (χ4n) is 3.17. The summed E-state index contributed by atoms with van der Waals surface area (Å²) in [7, 11) is 0. The van der Waals surface area contributed by atoms with E-state index in [0.29, 0.717) is 0 Å². The van der Waals surface area contributed by atoms with Crippen molar-refractivity contribution < 1.29 is 0 Å². The summed E-state index contributed by atoms with van der Waals surface area (Å²) in [6.07, 6.45) is 10.6. The average molecular weight is 278 g/mol. The Balaban J connectivity index is 1.75. The molecule has 0 bridgehead atoms. The second-order valence-electron chi connectivity index (χ2n) is 5.44. The van der Waals surface area contributed by atoms with Crippen molar-refractivity contribution in [1.29, 1.82) is 5.26 Å². The summed E-state index contributed by atoms with van der Waals surface area (Å²) in [5, 5.41) is 22.8. The highest BCUT2D eigenvalue weighted by atomic mass is 15.3. The van der Waals surface area contributed by atoms with E-state index in [1.807, 2.05) is 29.3 Å². The lowest BCUT2D eigenvalue weighted by atomic mass is 10.1. The van der Waals surface area contributed by atoms with E-state index < -0.39 is 0 Å². The molecule has 0 radical (unpaired) electrons. The molecule has 104 valence electrons. The van der Waals surface area contributed by atoms with Gasteiger partial charge in [0.15, 0.2) is 5.65 Å². The molecule has 0 amide bonds. The first-order valence-electron chi connectivity index (χ1n) is 7.10. The molecule has 0 saturated heterocycles. The van der Waals surface area contributed by atoms with Crippen LogP contribution in [0.15, 0.2) is 30.9 Å². The molecule has 3 aromatic heterocycles. The quantitative estimate of drug-likeness (QED) is 0.781. The Morgan fingerprint density at radius 2 is 2.29 bits per heavy atom. The highest BCUT2D eigenvalue weighted by molar-refractivity contribution is 5.91. The van der Waals surface area contributed by atoms with Crippen molar-refractivity contribution in [3.63, 3.8) is 0 Å². The average Bonchev–Trinajstić information content (AvgIpc) is 3.24. The molecule has 1 N–H and O–H groups in total. The summed E-state index contributed by atoms with van der Waals surface area (Å²) >= 11 is 0. The third-order valence-electron chi connectivity index (χ3n) is 4.26. The fraction of sp³-hybridized carbons (Fsp3) is 0.333. The summed E-state index contributed by atoms with van der Waals surface area (Å²) in [4.78, 5) is 3.06. The molecule has 1 saturated carbocycles. The lowest BCUT2D eigenvalue weighted by Crippen LogP contribution is -2.12. The van der Waals surface area contributed by atoms with Crippen molar-refractivity contribution in [1.82, 2.24) is 25.0 Å². The normalized spacial score (nSPS) is 21.7. The number of nitriles is 1. The summed E-state index contributed by atoms with van der Waals surface area (Å²) in [5.41, 5.74) is 2.80. The minimum Gasteiger partial charge on any atom is -0.345 e. The van der Waals surface area contributed by atoms with Gasteiger partial charge in [0, 0.05) is 28.9 Å². The molecule has 3 heterocycles. The smallest absolute Gasteiger partial charge is 0.160 e. The predicted octanol–water partition coefficient (Wildman–Crippen LogP) is 2.69. The number of hydrogen-bond acceptors (Lipinski definition) is 4. The summed E-state index contributed by atoms with van der Waals surface area (Å²) < 4.78 is 1.94. The summed E-state index contributed by atoms with van der Waals surface area (Å²) in [6, 6.07) is 4.58. The van der Waals surface area contributed by atoms with Crippen LogP contribution in [0.4, 0.5) is 0 Å². The molecule has 6 heteroatoms. The molecule has 21 heavy (non-hydrogen) atoms. The molecule has 0 aliphatic heterocycles. The predicted molar refractivity (Wildman–Crippen MR) is 77.1 cm³/mol. The zero-order chi connectivity index (χ0) is 14.2. The second kappa shape index (κ2) is 4.70. The van der Waals surface area contributed by atoms with E-state index >= 15 is 0 Å². The Kier molecular flexibility index (Phi) is 2.71.